The van der Waals surface area contributed by atoms with Gasteiger partial charge in [0, 0.05) is 11.8 Å². The van der Waals surface area contributed by atoms with Crippen molar-refractivity contribution in [1.82, 2.24) is 0 Å². The highest BCUT2D eigenvalue weighted by Crippen LogP contribution is 2.23. The van der Waals surface area contributed by atoms with E-state index in [-0.39, 0.29) is 5.92 Å². The van der Waals surface area contributed by atoms with Crippen molar-refractivity contribution in [2.24, 2.45) is 0 Å². The van der Waals surface area contributed by atoms with Gasteiger partial charge in [-0.15, -0.1) is 11.6 Å². The molecule has 0 saturated carbocycles. The average Bonchev–Trinajstić information content (AvgIpc) is 2.26. The molecular weight excluding hydrogens is 196 g/mol. The molecule has 0 radical (unpaired) electrons. The SMILES string of the molecule is CCc1cccc(C(C)C=O)c1CCl. The normalized spacial score (nSPS) is 12.5. The summed E-state index contributed by atoms with van der Waals surface area (Å²) in [5.74, 6) is 0.424. The predicted molar refractivity (Wildman–Crippen MR) is 59.9 cm³/mol. The summed E-state index contributed by atoms with van der Waals surface area (Å²) < 4.78 is 0. The van der Waals surface area contributed by atoms with Crippen molar-refractivity contribution in [2.45, 2.75) is 32.1 Å². The Balaban J connectivity index is 3.21. The van der Waals surface area contributed by atoms with Crippen molar-refractivity contribution < 1.29 is 4.79 Å². The molecule has 1 atom stereocenters. The standard InChI is InChI=1S/C12H15ClO/c1-3-10-5-4-6-11(9(2)8-14)12(10)7-13/h4-6,8-9H,3,7H2,1-2H3. The summed E-state index contributed by atoms with van der Waals surface area (Å²) in [4.78, 5) is 10.7. The molecule has 0 aliphatic rings. The number of hydrogen-bond donors (Lipinski definition) is 0. The molecule has 0 aromatic heterocycles. The fourth-order valence-electron chi connectivity index (χ4n) is 1.65. The Morgan fingerprint density at radius 3 is 2.71 bits per heavy atom. The summed E-state index contributed by atoms with van der Waals surface area (Å²) in [7, 11) is 0. The van der Waals surface area contributed by atoms with Gasteiger partial charge in [-0.3, -0.25) is 0 Å². The number of rotatable bonds is 4. The minimum atomic E-state index is -0.0600. The molecule has 1 nitrogen and oxygen atoms in total. The fourth-order valence-corrected chi connectivity index (χ4v) is 1.97. The van der Waals surface area contributed by atoms with E-state index in [9.17, 15) is 4.79 Å². The second-order valence-electron chi connectivity index (χ2n) is 3.40. The van der Waals surface area contributed by atoms with E-state index in [0.717, 1.165) is 23.8 Å². The molecule has 14 heavy (non-hydrogen) atoms. The van der Waals surface area contributed by atoms with Crippen LogP contribution in [0.1, 0.15) is 36.5 Å². The first kappa shape index (κ1) is 11.3. The minimum absolute atomic E-state index is 0.0600. The zero-order valence-electron chi connectivity index (χ0n) is 8.59. The first-order chi connectivity index (χ1) is 6.74. The monoisotopic (exact) mass is 210 g/mol. The Labute approximate surface area is 90.1 Å². The molecule has 1 aromatic rings. The lowest BCUT2D eigenvalue weighted by atomic mass is 9.93. The number of benzene rings is 1. The van der Waals surface area contributed by atoms with Crippen LogP contribution in [0.3, 0.4) is 0 Å². The van der Waals surface area contributed by atoms with E-state index in [4.69, 9.17) is 11.6 Å². The Morgan fingerprint density at radius 2 is 2.21 bits per heavy atom. The maximum absolute atomic E-state index is 10.7. The van der Waals surface area contributed by atoms with Crippen LogP contribution >= 0.6 is 11.6 Å². The minimum Gasteiger partial charge on any atom is -0.303 e. The zero-order chi connectivity index (χ0) is 10.6. The summed E-state index contributed by atoms with van der Waals surface area (Å²) in [6.07, 6.45) is 1.92. The fraction of sp³-hybridized carbons (Fsp3) is 0.417. The Hall–Kier alpha value is -0.820. The van der Waals surface area contributed by atoms with Gasteiger partial charge in [0.05, 0.1) is 0 Å². The third kappa shape index (κ3) is 2.16. The molecule has 0 aliphatic carbocycles. The van der Waals surface area contributed by atoms with Gasteiger partial charge >= 0.3 is 0 Å². The van der Waals surface area contributed by atoms with Crippen molar-refractivity contribution >= 4 is 17.9 Å². The van der Waals surface area contributed by atoms with Gasteiger partial charge in [-0.2, -0.15) is 0 Å². The van der Waals surface area contributed by atoms with Crippen LogP contribution in [-0.4, -0.2) is 6.29 Å². The topological polar surface area (TPSA) is 17.1 Å². The lowest BCUT2D eigenvalue weighted by Crippen LogP contribution is -2.02. The Bertz CT molecular complexity index is 320. The average molecular weight is 211 g/mol. The summed E-state index contributed by atoms with van der Waals surface area (Å²) in [5, 5.41) is 0. The van der Waals surface area contributed by atoms with Crippen LogP contribution in [-0.2, 0) is 17.1 Å². The summed E-state index contributed by atoms with van der Waals surface area (Å²) in [6, 6.07) is 6.04. The van der Waals surface area contributed by atoms with Gasteiger partial charge in [0.25, 0.3) is 0 Å². The van der Waals surface area contributed by atoms with E-state index in [1.807, 2.05) is 19.1 Å². The predicted octanol–water partition coefficient (Wildman–Crippen LogP) is 3.29. The van der Waals surface area contributed by atoms with Crippen LogP contribution < -0.4 is 0 Å². The summed E-state index contributed by atoms with van der Waals surface area (Å²) in [5.41, 5.74) is 3.43. The van der Waals surface area contributed by atoms with E-state index in [0.29, 0.717) is 5.88 Å². The molecule has 0 fully saturated rings. The molecule has 0 aliphatic heterocycles. The largest absolute Gasteiger partial charge is 0.303 e. The molecule has 1 aromatic carbocycles. The third-order valence-corrected chi connectivity index (χ3v) is 2.79. The second kappa shape index (κ2) is 5.16. The smallest absolute Gasteiger partial charge is 0.127 e. The maximum atomic E-state index is 10.7. The number of carbonyl (C=O) groups is 1. The molecular formula is C12H15ClO. The number of hydrogen-bond acceptors (Lipinski definition) is 1. The van der Waals surface area contributed by atoms with Crippen molar-refractivity contribution in [2.75, 3.05) is 0 Å². The van der Waals surface area contributed by atoms with Crippen LogP contribution in [0.15, 0.2) is 18.2 Å². The molecule has 0 heterocycles. The second-order valence-corrected chi connectivity index (χ2v) is 3.66. The van der Waals surface area contributed by atoms with E-state index < -0.39 is 0 Å². The Morgan fingerprint density at radius 1 is 1.50 bits per heavy atom. The summed E-state index contributed by atoms with van der Waals surface area (Å²) in [6.45, 7) is 4.00. The van der Waals surface area contributed by atoms with Gasteiger partial charge in [-0.1, -0.05) is 32.0 Å². The van der Waals surface area contributed by atoms with Crippen molar-refractivity contribution in [3.05, 3.63) is 34.9 Å². The first-order valence-corrected chi connectivity index (χ1v) is 5.40. The molecule has 0 N–H and O–H groups in total. The van der Waals surface area contributed by atoms with Gasteiger partial charge in [0.15, 0.2) is 0 Å². The lowest BCUT2D eigenvalue weighted by Gasteiger charge is -2.13. The van der Waals surface area contributed by atoms with Crippen LogP contribution in [0, 0.1) is 0 Å². The first-order valence-electron chi connectivity index (χ1n) is 4.86. The van der Waals surface area contributed by atoms with E-state index >= 15 is 0 Å². The summed E-state index contributed by atoms with van der Waals surface area (Å²) >= 11 is 5.90. The number of alkyl halides is 1. The van der Waals surface area contributed by atoms with Gasteiger partial charge in [-0.25, -0.2) is 0 Å². The molecule has 0 spiro atoms. The zero-order valence-corrected chi connectivity index (χ0v) is 9.34. The third-order valence-electron chi connectivity index (χ3n) is 2.52. The number of aldehydes is 1. The van der Waals surface area contributed by atoms with Gasteiger partial charge in [-0.05, 0) is 23.1 Å². The van der Waals surface area contributed by atoms with Crippen LogP contribution in [0.25, 0.3) is 0 Å². The number of aryl methyl sites for hydroxylation is 1. The molecule has 1 rings (SSSR count). The van der Waals surface area contributed by atoms with Crippen molar-refractivity contribution in [1.29, 1.82) is 0 Å². The Kier molecular flexibility index (Phi) is 4.15. The van der Waals surface area contributed by atoms with Gasteiger partial charge < -0.3 is 4.79 Å². The number of carbonyl (C=O) groups excluding carboxylic acids is 1. The highest BCUT2D eigenvalue weighted by atomic mass is 35.5. The van der Waals surface area contributed by atoms with E-state index in [1.165, 1.54) is 5.56 Å². The van der Waals surface area contributed by atoms with Crippen molar-refractivity contribution in [3.8, 4) is 0 Å². The lowest BCUT2D eigenvalue weighted by molar-refractivity contribution is -0.108. The van der Waals surface area contributed by atoms with Crippen molar-refractivity contribution in [3.63, 3.8) is 0 Å². The van der Waals surface area contributed by atoms with Crippen LogP contribution in [0.5, 0.6) is 0 Å². The van der Waals surface area contributed by atoms with Crippen LogP contribution in [0.2, 0.25) is 0 Å². The van der Waals surface area contributed by atoms with Crippen LogP contribution in [0.4, 0.5) is 0 Å². The van der Waals surface area contributed by atoms with E-state index in [1.54, 1.807) is 0 Å². The maximum Gasteiger partial charge on any atom is 0.127 e. The molecule has 1 unspecified atom stereocenters. The highest BCUT2D eigenvalue weighted by molar-refractivity contribution is 6.17. The molecule has 76 valence electrons. The molecule has 0 amide bonds. The van der Waals surface area contributed by atoms with Gasteiger partial charge in [0.1, 0.15) is 6.29 Å². The quantitative estimate of drug-likeness (QED) is 0.551. The van der Waals surface area contributed by atoms with E-state index in [2.05, 4.69) is 13.0 Å². The molecule has 0 bridgehead atoms. The molecule has 0 saturated heterocycles. The highest BCUT2D eigenvalue weighted by Gasteiger charge is 2.11. The molecule has 2 heteroatoms. The van der Waals surface area contributed by atoms with Gasteiger partial charge in [0.2, 0.25) is 0 Å². The number of halogens is 1.